The second-order valence-electron chi connectivity index (χ2n) is 5.92. The third-order valence-corrected chi connectivity index (χ3v) is 4.19. The van der Waals surface area contributed by atoms with Gasteiger partial charge in [-0.25, -0.2) is 4.98 Å². The third-order valence-electron chi connectivity index (χ3n) is 4.19. The highest BCUT2D eigenvalue weighted by atomic mass is 16.2. The normalized spacial score (nSPS) is 20.2. The van der Waals surface area contributed by atoms with E-state index in [2.05, 4.69) is 26.5 Å². The van der Waals surface area contributed by atoms with E-state index in [0.717, 1.165) is 12.1 Å². The highest BCUT2D eigenvalue weighted by Crippen LogP contribution is 2.37. The van der Waals surface area contributed by atoms with Crippen molar-refractivity contribution in [2.45, 2.75) is 26.2 Å². The van der Waals surface area contributed by atoms with Crippen LogP contribution in [0, 0.1) is 16.7 Å². The molecule has 1 aliphatic rings. The van der Waals surface area contributed by atoms with E-state index in [4.69, 9.17) is 0 Å². The Labute approximate surface area is 140 Å². The molecule has 8 heteroatoms. The Morgan fingerprint density at radius 2 is 2.33 bits per heavy atom. The SMILES string of the molecule is CCCC1(C#N)CCN(c2ccnc(Nc3cnn(C)c3)n2)C1=O. The lowest BCUT2D eigenvalue weighted by Crippen LogP contribution is -2.34. The molecule has 0 radical (unpaired) electrons. The summed E-state index contributed by atoms with van der Waals surface area (Å²) in [7, 11) is 1.82. The maximum Gasteiger partial charge on any atom is 0.248 e. The van der Waals surface area contributed by atoms with Crippen LogP contribution in [0.25, 0.3) is 0 Å². The fraction of sp³-hybridized carbons (Fsp3) is 0.438. The zero-order valence-electron chi connectivity index (χ0n) is 13.7. The summed E-state index contributed by atoms with van der Waals surface area (Å²) in [5.41, 5.74) is -0.156. The number of carbonyl (C=O) groups excluding carboxylic acids is 1. The van der Waals surface area contributed by atoms with Gasteiger partial charge < -0.3 is 5.32 Å². The molecule has 1 fully saturated rings. The number of aromatic nitrogens is 4. The van der Waals surface area contributed by atoms with Gasteiger partial charge in [0.05, 0.1) is 18.0 Å². The van der Waals surface area contributed by atoms with E-state index in [1.54, 1.807) is 34.2 Å². The Morgan fingerprint density at radius 3 is 3.00 bits per heavy atom. The summed E-state index contributed by atoms with van der Waals surface area (Å²) < 4.78 is 1.67. The molecule has 2 aromatic rings. The van der Waals surface area contributed by atoms with Gasteiger partial charge in [0.15, 0.2) is 0 Å². The van der Waals surface area contributed by atoms with E-state index in [1.807, 2.05) is 14.0 Å². The van der Waals surface area contributed by atoms with Gasteiger partial charge in [0.2, 0.25) is 11.9 Å². The van der Waals surface area contributed by atoms with E-state index in [9.17, 15) is 10.1 Å². The Bertz CT molecular complexity index is 794. The Morgan fingerprint density at radius 1 is 1.50 bits per heavy atom. The van der Waals surface area contributed by atoms with Crippen molar-refractivity contribution in [1.29, 1.82) is 5.26 Å². The highest BCUT2D eigenvalue weighted by molar-refractivity contribution is 6.01. The van der Waals surface area contributed by atoms with Crippen LogP contribution in [0.2, 0.25) is 0 Å². The second-order valence-corrected chi connectivity index (χ2v) is 5.92. The number of nitrogens with one attached hydrogen (secondary N) is 1. The number of hydrogen-bond acceptors (Lipinski definition) is 6. The van der Waals surface area contributed by atoms with Crippen molar-refractivity contribution >= 4 is 23.4 Å². The molecule has 0 saturated carbocycles. The molecule has 1 atom stereocenters. The first-order chi connectivity index (χ1) is 11.6. The molecule has 1 amide bonds. The van der Waals surface area contributed by atoms with E-state index in [1.165, 1.54) is 0 Å². The van der Waals surface area contributed by atoms with Crippen LogP contribution in [0.15, 0.2) is 24.7 Å². The van der Waals surface area contributed by atoms with Crippen LogP contribution in [0.3, 0.4) is 0 Å². The maximum atomic E-state index is 12.7. The Hall–Kier alpha value is -2.95. The third kappa shape index (κ3) is 2.80. The lowest BCUT2D eigenvalue weighted by molar-refractivity contribution is -0.123. The predicted octanol–water partition coefficient (Wildman–Crippen LogP) is 2.00. The molecule has 2 aromatic heterocycles. The van der Waals surface area contributed by atoms with Gasteiger partial charge >= 0.3 is 0 Å². The van der Waals surface area contributed by atoms with Crippen LogP contribution in [-0.4, -0.2) is 32.2 Å². The molecule has 124 valence electrons. The van der Waals surface area contributed by atoms with Crippen molar-refractivity contribution in [1.82, 2.24) is 19.7 Å². The van der Waals surface area contributed by atoms with E-state index in [0.29, 0.717) is 31.2 Å². The first-order valence-corrected chi connectivity index (χ1v) is 7.90. The fourth-order valence-electron chi connectivity index (χ4n) is 2.98. The second kappa shape index (κ2) is 6.28. The summed E-state index contributed by atoms with van der Waals surface area (Å²) in [5.74, 6) is 0.728. The van der Waals surface area contributed by atoms with Crippen LogP contribution in [0.5, 0.6) is 0 Å². The molecule has 1 unspecified atom stereocenters. The predicted molar refractivity (Wildman–Crippen MR) is 88.4 cm³/mol. The first kappa shape index (κ1) is 15.9. The number of nitrogens with zero attached hydrogens (tertiary/aromatic N) is 6. The number of anilines is 3. The maximum absolute atomic E-state index is 12.7. The van der Waals surface area contributed by atoms with Gasteiger partial charge in [-0.1, -0.05) is 13.3 Å². The molecule has 0 spiro atoms. The summed E-state index contributed by atoms with van der Waals surface area (Å²) in [6.07, 6.45) is 6.97. The number of rotatable bonds is 5. The smallest absolute Gasteiger partial charge is 0.248 e. The molecule has 0 aromatic carbocycles. The molecule has 1 saturated heterocycles. The van der Waals surface area contributed by atoms with Gasteiger partial charge in [-0.3, -0.25) is 14.4 Å². The Balaban J connectivity index is 1.82. The monoisotopic (exact) mass is 325 g/mol. The van der Waals surface area contributed by atoms with E-state index < -0.39 is 5.41 Å². The van der Waals surface area contributed by atoms with Crippen molar-refractivity contribution in [3.8, 4) is 6.07 Å². The van der Waals surface area contributed by atoms with E-state index in [-0.39, 0.29) is 5.91 Å². The molecule has 3 heterocycles. The largest absolute Gasteiger partial charge is 0.321 e. The van der Waals surface area contributed by atoms with Crippen LogP contribution in [-0.2, 0) is 11.8 Å². The summed E-state index contributed by atoms with van der Waals surface area (Å²) >= 11 is 0. The van der Waals surface area contributed by atoms with Gasteiger partial charge in [-0.15, -0.1) is 0 Å². The van der Waals surface area contributed by atoms with Gasteiger partial charge in [-0.2, -0.15) is 15.3 Å². The van der Waals surface area contributed by atoms with Gasteiger partial charge in [0.25, 0.3) is 0 Å². The summed E-state index contributed by atoms with van der Waals surface area (Å²) in [6, 6.07) is 3.91. The molecule has 24 heavy (non-hydrogen) atoms. The van der Waals surface area contributed by atoms with Crippen molar-refractivity contribution in [2.75, 3.05) is 16.8 Å². The molecule has 1 aliphatic heterocycles. The van der Waals surface area contributed by atoms with Gasteiger partial charge in [0, 0.05) is 26.0 Å². The highest BCUT2D eigenvalue weighted by Gasteiger charge is 2.47. The minimum atomic E-state index is -0.920. The first-order valence-electron chi connectivity index (χ1n) is 7.90. The van der Waals surface area contributed by atoms with Crippen molar-refractivity contribution in [3.05, 3.63) is 24.7 Å². The lowest BCUT2D eigenvalue weighted by atomic mass is 9.83. The zero-order chi connectivity index (χ0) is 17.2. The molecule has 0 bridgehead atoms. The van der Waals surface area contributed by atoms with Crippen LogP contribution in [0.1, 0.15) is 26.2 Å². The number of amides is 1. The number of aryl methyl sites for hydroxylation is 1. The van der Waals surface area contributed by atoms with E-state index >= 15 is 0 Å². The zero-order valence-corrected chi connectivity index (χ0v) is 13.7. The molecular formula is C16H19N7O. The minimum absolute atomic E-state index is 0.169. The topological polar surface area (TPSA) is 99.7 Å². The number of carbonyl (C=O) groups is 1. The summed E-state index contributed by atoms with van der Waals surface area (Å²) in [5, 5.41) is 16.6. The van der Waals surface area contributed by atoms with Crippen LogP contribution in [0.4, 0.5) is 17.5 Å². The standard InChI is InChI=1S/C16H19N7O/c1-3-5-16(11-17)6-8-23(14(16)24)13-4-7-18-15(21-13)20-12-9-19-22(2)10-12/h4,7,9-10H,3,5-6,8H2,1-2H3,(H,18,20,21). The molecule has 8 nitrogen and oxygen atoms in total. The van der Waals surface area contributed by atoms with Crippen molar-refractivity contribution in [2.24, 2.45) is 12.5 Å². The van der Waals surface area contributed by atoms with Crippen LogP contribution >= 0.6 is 0 Å². The molecule has 0 aliphatic carbocycles. The quantitative estimate of drug-likeness (QED) is 0.902. The van der Waals surface area contributed by atoms with Crippen molar-refractivity contribution in [3.63, 3.8) is 0 Å². The van der Waals surface area contributed by atoms with Gasteiger partial charge in [-0.05, 0) is 18.9 Å². The Kier molecular flexibility index (Phi) is 4.16. The molecule has 3 rings (SSSR count). The molecule has 1 N–H and O–H groups in total. The summed E-state index contributed by atoms with van der Waals surface area (Å²) in [6.45, 7) is 2.48. The molecular weight excluding hydrogens is 306 g/mol. The summed E-state index contributed by atoms with van der Waals surface area (Å²) in [4.78, 5) is 22.9. The average molecular weight is 325 g/mol. The average Bonchev–Trinajstić information content (AvgIpc) is 3.12. The van der Waals surface area contributed by atoms with Gasteiger partial charge in [0.1, 0.15) is 11.2 Å². The lowest BCUT2D eigenvalue weighted by Gasteiger charge is -2.20. The van der Waals surface area contributed by atoms with Crippen molar-refractivity contribution < 1.29 is 4.79 Å². The fourth-order valence-corrected chi connectivity index (χ4v) is 2.98. The minimum Gasteiger partial charge on any atom is -0.321 e. The number of nitriles is 1. The number of hydrogen-bond donors (Lipinski definition) is 1. The van der Waals surface area contributed by atoms with Crippen LogP contribution < -0.4 is 10.2 Å².